The summed E-state index contributed by atoms with van der Waals surface area (Å²) in [5.41, 5.74) is 1.70. The number of rotatable bonds is 5. The van der Waals surface area contributed by atoms with Gasteiger partial charge >= 0.3 is 5.69 Å². The van der Waals surface area contributed by atoms with Gasteiger partial charge in [0.25, 0.3) is 0 Å². The molecule has 0 saturated carbocycles. The zero-order valence-corrected chi connectivity index (χ0v) is 12.1. The Morgan fingerprint density at radius 1 is 1.36 bits per heavy atom. The van der Waals surface area contributed by atoms with Crippen LogP contribution in [0.1, 0.15) is 17.9 Å². The molecule has 0 spiro atoms. The van der Waals surface area contributed by atoms with Crippen molar-refractivity contribution in [3.05, 3.63) is 52.1 Å². The smallest absolute Gasteiger partial charge is 0.340 e. The third-order valence-corrected chi connectivity index (χ3v) is 3.37. The summed E-state index contributed by atoms with van der Waals surface area (Å²) >= 11 is 0. The molecule has 6 nitrogen and oxygen atoms in total. The number of halogens is 1. The van der Waals surface area contributed by atoms with Crippen molar-refractivity contribution in [1.82, 2.24) is 20.2 Å². The van der Waals surface area contributed by atoms with E-state index in [1.165, 1.54) is 6.07 Å². The van der Waals surface area contributed by atoms with Crippen molar-refractivity contribution in [3.8, 4) is 0 Å². The van der Waals surface area contributed by atoms with E-state index in [1.807, 2.05) is 19.1 Å². The number of fused-ring (bicyclic) bond motifs is 1. The van der Waals surface area contributed by atoms with Gasteiger partial charge < -0.3 is 5.32 Å². The zero-order valence-electron chi connectivity index (χ0n) is 12.1. The van der Waals surface area contributed by atoms with Gasteiger partial charge in [-0.25, -0.2) is 19.3 Å². The molecule has 7 heteroatoms. The van der Waals surface area contributed by atoms with E-state index in [-0.39, 0.29) is 11.5 Å². The molecule has 3 aromatic rings. The number of anilines is 1. The molecule has 0 fully saturated rings. The maximum atomic E-state index is 13.8. The number of H-pyrrole nitrogens is 2. The van der Waals surface area contributed by atoms with Crippen LogP contribution in [0.15, 0.2) is 29.1 Å². The third-order valence-electron chi connectivity index (χ3n) is 3.37. The molecule has 114 valence electrons. The second kappa shape index (κ2) is 5.97. The average molecular weight is 301 g/mol. The molecule has 3 N–H and O–H groups in total. The lowest BCUT2D eigenvalue weighted by molar-refractivity contribution is 0.636. The van der Waals surface area contributed by atoms with Crippen LogP contribution < -0.4 is 11.0 Å². The lowest BCUT2D eigenvalue weighted by atomic mass is 10.1. The number of para-hydroxylation sites is 1. The molecule has 0 aliphatic heterocycles. The molecule has 0 aliphatic rings. The van der Waals surface area contributed by atoms with E-state index in [4.69, 9.17) is 0 Å². The van der Waals surface area contributed by atoms with Crippen molar-refractivity contribution in [3.63, 3.8) is 0 Å². The van der Waals surface area contributed by atoms with Crippen LogP contribution in [0, 0.1) is 12.7 Å². The number of nitrogens with one attached hydrogen (secondary N) is 3. The Morgan fingerprint density at radius 3 is 3.00 bits per heavy atom. The molecule has 0 unspecified atom stereocenters. The number of pyridine rings is 1. The van der Waals surface area contributed by atoms with Crippen molar-refractivity contribution in [2.45, 2.75) is 19.8 Å². The first-order valence-corrected chi connectivity index (χ1v) is 7.07. The molecule has 0 atom stereocenters. The van der Waals surface area contributed by atoms with E-state index >= 15 is 0 Å². The van der Waals surface area contributed by atoms with Crippen molar-refractivity contribution in [2.24, 2.45) is 0 Å². The Bertz CT molecular complexity index is 855. The Hall–Kier alpha value is -2.70. The number of hydrogen-bond acceptors (Lipinski definition) is 4. The summed E-state index contributed by atoms with van der Waals surface area (Å²) in [5.74, 6) is 0.312. The van der Waals surface area contributed by atoms with Crippen molar-refractivity contribution < 1.29 is 4.39 Å². The lowest BCUT2D eigenvalue weighted by Gasteiger charge is -2.10. The highest BCUT2D eigenvalue weighted by atomic mass is 19.1. The van der Waals surface area contributed by atoms with Crippen LogP contribution in [0.2, 0.25) is 0 Å². The van der Waals surface area contributed by atoms with E-state index in [9.17, 15) is 9.18 Å². The quantitative estimate of drug-likeness (QED) is 0.630. The molecular formula is C15H16FN5O. The minimum absolute atomic E-state index is 0.297. The minimum Gasteiger partial charge on any atom is -0.384 e. The average Bonchev–Trinajstić information content (AvgIpc) is 2.90. The maximum absolute atomic E-state index is 13.8. The summed E-state index contributed by atoms with van der Waals surface area (Å²) in [6.45, 7) is 2.52. The van der Waals surface area contributed by atoms with Crippen molar-refractivity contribution in [1.29, 1.82) is 0 Å². The number of benzene rings is 1. The van der Waals surface area contributed by atoms with Crippen LogP contribution in [0.5, 0.6) is 0 Å². The zero-order chi connectivity index (χ0) is 15.5. The van der Waals surface area contributed by atoms with E-state index < -0.39 is 0 Å². The molecule has 0 aliphatic carbocycles. The number of hydrogen-bond donors (Lipinski definition) is 3. The summed E-state index contributed by atoms with van der Waals surface area (Å²) < 4.78 is 13.8. The van der Waals surface area contributed by atoms with Crippen LogP contribution in [0.4, 0.5) is 10.1 Å². The van der Waals surface area contributed by atoms with Crippen molar-refractivity contribution >= 4 is 16.6 Å². The van der Waals surface area contributed by atoms with Gasteiger partial charge in [-0.05, 0) is 25.5 Å². The predicted octanol–water partition coefficient (Wildman–Crippen LogP) is 2.14. The van der Waals surface area contributed by atoms with Gasteiger partial charge in [0.2, 0.25) is 0 Å². The number of aromatic nitrogens is 4. The molecule has 0 saturated heterocycles. The molecule has 1 aromatic carbocycles. The SMILES string of the molecule is Cc1cc(NCCCc2n[nH]c(=O)[nH]2)c2cccc(F)c2n1. The second-order valence-electron chi connectivity index (χ2n) is 5.10. The fourth-order valence-electron chi connectivity index (χ4n) is 2.39. The summed E-state index contributed by atoms with van der Waals surface area (Å²) in [6.07, 6.45) is 1.45. The van der Waals surface area contributed by atoms with Gasteiger partial charge in [0, 0.05) is 29.7 Å². The highest BCUT2D eigenvalue weighted by Gasteiger charge is 2.07. The highest BCUT2D eigenvalue weighted by molar-refractivity contribution is 5.91. The normalized spacial score (nSPS) is 11.0. The summed E-state index contributed by atoms with van der Waals surface area (Å²) in [6, 6.07) is 6.83. The fraction of sp³-hybridized carbons (Fsp3) is 0.267. The van der Waals surface area contributed by atoms with Gasteiger partial charge in [-0.2, -0.15) is 5.10 Å². The summed E-state index contributed by atoms with van der Waals surface area (Å²) in [5, 5.41) is 10.2. The standard InChI is InChI=1S/C15H16FN5O/c1-9-8-12(10-4-2-5-11(16)14(10)18-9)17-7-3-6-13-19-15(22)21-20-13/h2,4-5,8H,3,6-7H2,1H3,(H,17,18)(H2,19,20,21,22). The number of nitrogens with zero attached hydrogens (tertiary/aromatic N) is 2. The molecule has 2 heterocycles. The number of aromatic amines is 2. The molecule has 22 heavy (non-hydrogen) atoms. The minimum atomic E-state index is -0.321. The highest BCUT2D eigenvalue weighted by Crippen LogP contribution is 2.24. The Morgan fingerprint density at radius 2 is 2.23 bits per heavy atom. The van der Waals surface area contributed by atoms with Gasteiger partial charge in [0.1, 0.15) is 17.2 Å². The van der Waals surface area contributed by atoms with E-state index in [1.54, 1.807) is 6.07 Å². The lowest BCUT2D eigenvalue weighted by Crippen LogP contribution is -2.06. The van der Waals surface area contributed by atoms with Crippen LogP contribution in [-0.4, -0.2) is 26.7 Å². The molecule has 0 radical (unpaired) electrons. The van der Waals surface area contributed by atoms with Crippen LogP contribution in [0.25, 0.3) is 10.9 Å². The van der Waals surface area contributed by atoms with E-state index in [0.29, 0.717) is 24.3 Å². The fourth-order valence-corrected chi connectivity index (χ4v) is 2.39. The molecule has 2 aromatic heterocycles. The first kappa shape index (κ1) is 14.2. The Labute approximate surface area is 125 Å². The van der Waals surface area contributed by atoms with Gasteiger partial charge in [-0.3, -0.25) is 4.98 Å². The topological polar surface area (TPSA) is 86.5 Å². The predicted molar refractivity (Wildman–Crippen MR) is 82.5 cm³/mol. The Balaban J connectivity index is 1.71. The van der Waals surface area contributed by atoms with Gasteiger partial charge in [-0.15, -0.1) is 0 Å². The third kappa shape index (κ3) is 2.98. The Kier molecular flexibility index (Phi) is 3.86. The monoisotopic (exact) mass is 301 g/mol. The van der Waals surface area contributed by atoms with E-state index in [2.05, 4.69) is 25.5 Å². The van der Waals surface area contributed by atoms with Crippen LogP contribution in [0.3, 0.4) is 0 Å². The van der Waals surface area contributed by atoms with Crippen molar-refractivity contribution in [2.75, 3.05) is 11.9 Å². The first-order valence-electron chi connectivity index (χ1n) is 7.07. The molecule has 0 amide bonds. The molecular weight excluding hydrogens is 285 g/mol. The van der Waals surface area contributed by atoms with E-state index in [0.717, 1.165) is 23.2 Å². The molecule has 0 bridgehead atoms. The van der Waals surface area contributed by atoms with Gasteiger partial charge in [0.05, 0.1) is 0 Å². The van der Waals surface area contributed by atoms with Gasteiger partial charge in [0.15, 0.2) is 0 Å². The maximum Gasteiger partial charge on any atom is 0.340 e. The number of aryl methyl sites for hydroxylation is 2. The first-order chi connectivity index (χ1) is 10.6. The largest absolute Gasteiger partial charge is 0.384 e. The van der Waals surface area contributed by atoms with Gasteiger partial charge in [-0.1, -0.05) is 12.1 Å². The van der Waals surface area contributed by atoms with Crippen LogP contribution >= 0.6 is 0 Å². The summed E-state index contributed by atoms with van der Waals surface area (Å²) in [7, 11) is 0. The second-order valence-corrected chi connectivity index (χ2v) is 5.10. The molecule has 3 rings (SSSR count). The van der Waals surface area contributed by atoms with Crippen LogP contribution in [-0.2, 0) is 6.42 Å². The summed E-state index contributed by atoms with van der Waals surface area (Å²) in [4.78, 5) is 17.8.